The maximum Gasteiger partial charge on any atom is 0.354 e. The van der Waals surface area contributed by atoms with Crippen LogP contribution in [0.25, 0.3) is 11.1 Å². The first-order valence-electron chi connectivity index (χ1n) is 14.5. The van der Waals surface area contributed by atoms with Crippen molar-refractivity contribution in [1.29, 1.82) is 10.7 Å². The summed E-state index contributed by atoms with van der Waals surface area (Å²) in [7, 11) is 0. The molecule has 10 nitrogen and oxygen atoms in total. The number of piperidine rings is 1. The quantitative estimate of drug-likeness (QED) is 0.310. The second kappa shape index (κ2) is 11.5. The van der Waals surface area contributed by atoms with E-state index in [9.17, 15) is 20.6 Å². The van der Waals surface area contributed by atoms with Crippen LogP contribution in [-0.2, 0) is 0 Å². The van der Waals surface area contributed by atoms with Crippen LogP contribution in [0.1, 0.15) is 61.0 Å². The first kappa shape index (κ1) is 26.7. The zero-order valence-corrected chi connectivity index (χ0v) is 23.0. The second-order valence-electron chi connectivity index (χ2n) is 11.1. The Morgan fingerprint density at radius 1 is 0.976 bits per heavy atom. The Bertz CT molecular complexity index is 1480. The minimum absolute atomic E-state index is 0.0922. The lowest BCUT2D eigenvalue weighted by atomic mass is 9.78. The van der Waals surface area contributed by atoms with Gasteiger partial charge < -0.3 is 25.6 Å². The van der Waals surface area contributed by atoms with E-state index < -0.39 is 5.97 Å². The van der Waals surface area contributed by atoms with Gasteiger partial charge in [-0.05, 0) is 68.4 Å². The first-order chi connectivity index (χ1) is 20.0. The van der Waals surface area contributed by atoms with Crippen LogP contribution in [-0.4, -0.2) is 57.9 Å². The molecule has 3 aromatic heterocycles. The van der Waals surface area contributed by atoms with E-state index in [-0.39, 0.29) is 17.5 Å². The zero-order valence-electron chi connectivity index (χ0n) is 23.0. The lowest BCUT2D eigenvalue weighted by Crippen LogP contribution is -2.33. The second-order valence-corrected chi connectivity index (χ2v) is 11.1. The molecule has 3 aromatic rings. The number of nitriles is 1. The number of carbonyl (C=O) groups is 1. The van der Waals surface area contributed by atoms with E-state index in [2.05, 4.69) is 31.2 Å². The number of hydrogen-bond acceptors (Lipinski definition) is 9. The molecule has 1 saturated carbocycles. The van der Waals surface area contributed by atoms with Crippen molar-refractivity contribution in [3.63, 3.8) is 0 Å². The van der Waals surface area contributed by atoms with Crippen LogP contribution in [0.3, 0.4) is 0 Å². The van der Waals surface area contributed by atoms with Crippen molar-refractivity contribution >= 4 is 34.8 Å². The predicted octanol–water partition coefficient (Wildman–Crippen LogP) is 5.49. The molecule has 3 aliphatic rings. The number of anilines is 4. The molecule has 5 heterocycles. The Hall–Kier alpha value is -4.52. The van der Waals surface area contributed by atoms with E-state index in [4.69, 9.17) is 4.98 Å². The third-order valence-electron chi connectivity index (χ3n) is 8.52. The molecule has 10 heteroatoms. The lowest BCUT2D eigenvalue weighted by molar-refractivity contribution is 0.0690. The average molecular weight is 551 g/mol. The predicted molar refractivity (Wildman–Crippen MR) is 158 cm³/mol. The van der Waals surface area contributed by atoms with Crippen molar-refractivity contribution in [3.8, 4) is 17.2 Å². The van der Waals surface area contributed by atoms with Crippen molar-refractivity contribution in [3.05, 3.63) is 54.0 Å². The molecule has 3 fully saturated rings. The number of aromatic carboxylic acids is 1. The monoisotopic (exact) mass is 550 g/mol. The molecule has 1 aliphatic carbocycles. The third-order valence-corrected chi connectivity index (χ3v) is 8.52. The topological polar surface area (TPSA) is 142 Å². The maximum atomic E-state index is 12.2. The summed E-state index contributed by atoms with van der Waals surface area (Å²) in [5.74, 6) is 1.13. The number of carboxylic acids is 1. The Balaban J connectivity index is 1.38. The molecule has 3 N–H and O–H groups in total. The highest BCUT2D eigenvalue weighted by Crippen LogP contribution is 2.38. The van der Waals surface area contributed by atoms with Gasteiger partial charge in [0.2, 0.25) is 0 Å². The maximum absolute atomic E-state index is 12.2. The van der Waals surface area contributed by atoms with Crippen molar-refractivity contribution in [2.45, 2.75) is 44.9 Å². The fourth-order valence-corrected chi connectivity index (χ4v) is 5.87. The van der Waals surface area contributed by atoms with Crippen LogP contribution < -0.4 is 15.1 Å². The van der Waals surface area contributed by atoms with E-state index in [1.54, 1.807) is 18.5 Å². The summed E-state index contributed by atoms with van der Waals surface area (Å²) in [5.41, 5.74) is 3.11. The van der Waals surface area contributed by atoms with Gasteiger partial charge in [-0.1, -0.05) is 6.42 Å². The highest BCUT2D eigenvalue weighted by atomic mass is 16.4. The summed E-state index contributed by atoms with van der Waals surface area (Å²) in [6.07, 6.45) is 10.4. The number of hydrogen-bond donors (Lipinski definition) is 3. The van der Waals surface area contributed by atoms with E-state index in [1.807, 2.05) is 24.3 Å². The van der Waals surface area contributed by atoms with Crippen molar-refractivity contribution in [2.24, 2.45) is 11.8 Å². The van der Waals surface area contributed by atoms with Crippen LogP contribution in [0.15, 0.2) is 42.7 Å². The Morgan fingerprint density at radius 2 is 1.73 bits per heavy atom. The summed E-state index contributed by atoms with van der Waals surface area (Å²) >= 11 is 0. The zero-order chi connectivity index (χ0) is 28.3. The molecule has 0 unspecified atom stereocenters. The molecule has 2 aliphatic heterocycles. The minimum Gasteiger partial charge on any atom is -0.477 e. The van der Waals surface area contributed by atoms with Gasteiger partial charge in [-0.25, -0.2) is 19.7 Å². The summed E-state index contributed by atoms with van der Waals surface area (Å²) in [6, 6.07) is 11.6. The van der Waals surface area contributed by atoms with Gasteiger partial charge >= 0.3 is 5.97 Å². The van der Waals surface area contributed by atoms with Crippen LogP contribution in [0.2, 0.25) is 0 Å². The standard InChI is InChI=1S/C31H34N8O2/c32-18-20-9-14-39(15-10-20)26-7-6-22(19-35-26)24-17-25(31(40)41)37-30(28(24)29(33)21-4-3-5-21)36-23-8-11-34-27(16-23)38-12-1-2-13-38/h6-8,11,16-17,19-21,33H,1-5,9-10,12-15H2,(H,40,41)(H,34,36,37). The molecule has 0 atom stereocenters. The summed E-state index contributed by atoms with van der Waals surface area (Å²) in [5, 5.41) is 31.7. The van der Waals surface area contributed by atoms with Gasteiger partial charge in [0, 0.05) is 79.0 Å². The number of pyridine rings is 3. The van der Waals surface area contributed by atoms with Gasteiger partial charge in [-0.3, -0.25) is 0 Å². The molecule has 2 saturated heterocycles. The summed E-state index contributed by atoms with van der Waals surface area (Å²) in [6.45, 7) is 3.48. The molecule has 0 spiro atoms. The Morgan fingerprint density at radius 3 is 2.37 bits per heavy atom. The molecule has 0 radical (unpaired) electrons. The van der Waals surface area contributed by atoms with Crippen LogP contribution >= 0.6 is 0 Å². The number of nitrogens with one attached hydrogen (secondary N) is 2. The molecule has 210 valence electrons. The number of nitrogens with zero attached hydrogens (tertiary/aromatic N) is 6. The van der Waals surface area contributed by atoms with Gasteiger partial charge in [0.25, 0.3) is 0 Å². The number of rotatable bonds is 8. The average Bonchev–Trinajstić information content (AvgIpc) is 3.51. The highest BCUT2D eigenvalue weighted by Gasteiger charge is 2.29. The van der Waals surface area contributed by atoms with Gasteiger partial charge in [0.05, 0.1) is 6.07 Å². The Labute approximate surface area is 239 Å². The smallest absolute Gasteiger partial charge is 0.354 e. The van der Waals surface area contributed by atoms with Gasteiger partial charge in [0.1, 0.15) is 17.5 Å². The van der Waals surface area contributed by atoms with E-state index in [0.29, 0.717) is 22.7 Å². The van der Waals surface area contributed by atoms with Crippen molar-refractivity contribution in [2.75, 3.05) is 41.3 Å². The van der Waals surface area contributed by atoms with E-state index >= 15 is 0 Å². The van der Waals surface area contributed by atoms with Crippen molar-refractivity contribution < 1.29 is 9.90 Å². The third kappa shape index (κ3) is 5.57. The fraction of sp³-hybridized carbons (Fsp3) is 0.419. The highest BCUT2D eigenvalue weighted by molar-refractivity contribution is 6.10. The molecule has 6 rings (SSSR count). The van der Waals surface area contributed by atoms with E-state index in [0.717, 1.165) is 94.0 Å². The Kier molecular flexibility index (Phi) is 7.51. The fourth-order valence-electron chi connectivity index (χ4n) is 5.87. The largest absolute Gasteiger partial charge is 0.477 e. The van der Waals surface area contributed by atoms with Crippen LogP contribution in [0, 0.1) is 28.6 Å². The number of carboxylic acid groups (broad SMARTS) is 1. The van der Waals surface area contributed by atoms with Crippen molar-refractivity contribution in [1.82, 2.24) is 15.0 Å². The molecule has 0 bridgehead atoms. The minimum atomic E-state index is -1.13. The van der Waals surface area contributed by atoms with Gasteiger partial charge in [-0.2, -0.15) is 5.26 Å². The summed E-state index contributed by atoms with van der Waals surface area (Å²) in [4.78, 5) is 30.4. The van der Waals surface area contributed by atoms with Gasteiger partial charge in [-0.15, -0.1) is 0 Å². The lowest BCUT2D eigenvalue weighted by Gasteiger charge is -2.30. The molecular formula is C31H34N8O2. The van der Waals surface area contributed by atoms with Crippen LogP contribution in [0.4, 0.5) is 23.1 Å². The normalized spacial score (nSPS) is 17.6. The number of aromatic nitrogens is 3. The molecular weight excluding hydrogens is 516 g/mol. The molecule has 0 amide bonds. The SMILES string of the molecule is N#CC1CCN(c2ccc(-c3cc(C(=O)O)nc(Nc4ccnc(N5CCCC5)c4)c3C(=N)C3CCC3)cn2)CC1. The first-order valence-corrected chi connectivity index (χ1v) is 14.5. The van der Waals surface area contributed by atoms with E-state index in [1.165, 1.54) is 0 Å². The molecule has 0 aromatic carbocycles. The van der Waals surface area contributed by atoms with Crippen LogP contribution in [0.5, 0.6) is 0 Å². The van der Waals surface area contributed by atoms with Gasteiger partial charge in [0.15, 0.2) is 5.69 Å². The molecule has 41 heavy (non-hydrogen) atoms. The summed E-state index contributed by atoms with van der Waals surface area (Å²) < 4.78 is 0.